The van der Waals surface area contributed by atoms with Gasteiger partial charge >= 0.3 is 27.1 Å². The number of carbonyl (C=O) groups is 2. The molecule has 0 radical (unpaired) electrons. The monoisotopic (exact) mass is 1160 g/mol. The Hall–Kier alpha value is -4.66. The van der Waals surface area contributed by atoms with Crippen LogP contribution < -0.4 is 0 Å². The van der Waals surface area contributed by atoms with Gasteiger partial charge in [0.2, 0.25) is 0 Å². The van der Waals surface area contributed by atoms with E-state index in [0.717, 1.165) is 131 Å². The lowest BCUT2D eigenvalue weighted by Crippen LogP contribution is -2.44. The van der Waals surface area contributed by atoms with Crippen LogP contribution in [0.1, 0.15) is 216 Å². The molecule has 82 heavy (non-hydrogen) atoms. The summed E-state index contributed by atoms with van der Waals surface area (Å²) in [6, 6.07) is 49.0. The van der Waals surface area contributed by atoms with Crippen molar-refractivity contribution in [2.24, 2.45) is 5.41 Å². The first-order valence-corrected chi connectivity index (χ1v) is 34.7. The van der Waals surface area contributed by atoms with Crippen molar-refractivity contribution in [1.29, 1.82) is 0 Å². The van der Waals surface area contributed by atoms with Gasteiger partial charge < -0.3 is 27.6 Å². The van der Waals surface area contributed by atoms with Crippen molar-refractivity contribution in [3.8, 4) is 0 Å². The van der Waals surface area contributed by atoms with Gasteiger partial charge in [-0.25, -0.2) is 0 Å². The normalized spacial score (nSPS) is 12.1. The second-order valence-corrected chi connectivity index (χ2v) is 27.7. The zero-order chi connectivity index (χ0) is 58.3. The molecule has 0 amide bonds. The largest absolute Gasteiger partial charge is 0.460 e. The van der Waals surface area contributed by atoms with Gasteiger partial charge in [-0.3, -0.25) is 18.7 Å². The van der Waals surface area contributed by atoms with E-state index in [-0.39, 0.29) is 33.0 Å². The molecule has 0 atom stereocenters. The summed E-state index contributed by atoms with van der Waals surface area (Å²) in [6.45, 7) is 6.80. The van der Waals surface area contributed by atoms with Crippen molar-refractivity contribution < 1.29 is 46.3 Å². The number of carbonyl (C=O) groups excluding carboxylic acids is 2. The number of benzene rings is 5. The summed E-state index contributed by atoms with van der Waals surface area (Å²) in [7, 11) is -6.52. The van der Waals surface area contributed by atoms with Crippen LogP contribution in [-0.2, 0) is 79.3 Å². The minimum absolute atomic E-state index is 0.122. The van der Waals surface area contributed by atoms with Gasteiger partial charge in [0.15, 0.2) is 5.41 Å². The first-order chi connectivity index (χ1) is 39.9. The van der Waals surface area contributed by atoms with E-state index in [2.05, 4.69) is 0 Å². The van der Waals surface area contributed by atoms with Gasteiger partial charge in [0.05, 0.1) is 38.8 Å². The SMILES string of the molecule is CC(C)(C)OC(=O)C(CCCCCCCCCCCCCCP(=O)(OCc1ccccc1)OCc1ccccc1)(CCCCCCCCCCCCCCP(=O)(OCc1ccccc1)OCc1ccccc1)C(=O)OCc1ccccc1. The molecule has 0 aliphatic carbocycles. The Morgan fingerprint density at radius 3 is 0.805 bits per heavy atom. The molecule has 0 fully saturated rings. The molecular formula is C70H100O10P2. The number of unbranched alkanes of at least 4 members (excludes halogenated alkanes) is 22. The predicted molar refractivity (Wildman–Crippen MR) is 334 cm³/mol. The molecule has 0 bridgehead atoms. The zero-order valence-electron chi connectivity index (χ0n) is 50.2. The quantitative estimate of drug-likeness (QED) is 0.0161. The summed E-state index contributed by atoms with van der Waals surface area (Å²) in [4.78, 5) is 28.5. The third-order valence-electron chi connectivity index (χ3n) is 15.0. The lowest BCUT2D eigenvalue weighted by atomic mass is 9.77. The van der Waals surface area contributed by atoms with Gasteiger partial charge in [0.1, 0.15) is 12.2 Å². The molecule has 0 aliphatic rings. The first-order valence-electron chi connectivity index (χ1n) is 31.2. The highest BCUT2D eigenvalue weighted by Gasteiger charge is 2.49. The van der Waals surface area contributed by atoms with Crippen LogP contribution in [0.25, 0.3) is 0 Å². The molecule has 5 rings (SSSR count). The van der Waals surface area contributed by atoms with Crippen LogP contribution in [-0.4, -0.2) is 29.9 Å². The van der Waals surface area contributed by atoms with Crippen LogP contribution in [0.3, 0.4) is 0 Å². The Bertz CT molecular complexity index is 2290. The van der Waals surface area contributed by atoms with E-state index in [0.29, 0.717) is 25.2 Å². The zero-order valence-corrected chi connectivity index (χ0v) is 52.0. The number of rotatable bonds is 46. The first kappa shape index (κ1) is 68.1. The molecule has 0 unspecified atom stereocenters. The highest BCUT2D eigenvalue weighted by molar-refractivity contribution is 7.54. The molecule has 12 heteroatoms. The van der Waals surface area contributed by atoms with E-state index in [9.17, 15) is 18.7 Å². The second-order valence-electron chi connectivity index (χ2n) is 23.3. The number of hydrogen-bond acceptors (Lipinski definition) is 10. The third-order valence-corrected chi connectivity index (χ3v) is 18.9. The molecule has 0 saturated heterocycles. The summed E-state index contributed by atoms with van der Waals surface area (Å²) >= 11 is 0. The summed E-state index contributed by atoms with van der Waals surface area (Å²) < 4.78 is 63.6. The number of esters is 2. The predicted octanol–water partition coefficient (Wildman–Crippen LogP) is 20.5. The Morgan fingerprint density at radius 1 is 0.317 bits per heavy atom. The highest BCUT2D eigenvalue weighted by Crippen LogP contribution is 2.52. The van der Waals surface area contributed by atoms with E-state index < -0.39 is 38.1 Å². The Balaban J connectivity index is 0.962. The molecular weight excluding hydrogens is 1060 g/mol. The van der Waals surface area contributed by atoms with Crippen LogP contribution >= 0.6 is 15.2 Å². The van der Waals surface area contributed by atoms with Gasteiger partial charge in [0, 0.05) is 0 Å². The lowest BCUT2D eigenvalue weighted by molar-refractivity contribution is -0.182. The van der Waals surface area contributed by atoms with Crippen LogP contribution in [0, 0.1) is 5.41 Å². The van der Waals surface area contributed by atoms with E-state index >= 15 is 0 Å². The summed E-state index contributed by atoms with van der Waals surface area (Å²) in [5, 5.41) is 0. The topological polar surface area (TPSA) is 124 Å². The molecule has 0 spiro atoms. The van der Waals surface area contributed by atoms with Crippen molar-refractivity contribution in [1.82, 2.24) is 0 Å². The maximum atomic E-state index is 14.3. The highest BCUT2D eigenvalue weighted by atomic mass is 31.2. The van der Waals surface area contributed by atoms with E-state index in [4.69, 9.17) is 27.6 Å². The molecule has 450 valence electrons. The number of hydrogen-bond donors (Lipinski definition) is 0. The van der Waals surface area contributed by atoms with Crippen LogP contribution in [0.2, 0.25) is 0 Å². The maximum Gasteiger partial charge on any atom is 0.331 e. The van der Waals surface area contributed by atoms with Gasteiger partial charge in [-0.2, -0.15) is 0 Å². The van der Waals surface area contributed by atoms with Gasteiger partial charge in [0.25, 0.3) is 0 Å². The van der Waals surface area contributed by atoms with Gasteiger partial charge in [-0.05, 0) is 74.3 Å². The molecule has 10 nitrogen and oxygen atoms in total. The molecule has 0 saturated carbocycles. The average Bonchev–Trinajstić information content (AvgIpc) is 3.62. The lowest BCUT2D eigenvalue weighted by Gasteiger charge is -2.33. The fraction of sp³-hybridized carbons (Fsp3) is 0.543. The Kier molecular flexibility index (Phi) is 33.1. The van der Waals surface area contributed by atoms with Gasteiger partial charge in [-0.1, -0.05) is 293 Å². The van der Waals surface area contributed by atoms with E-state index in [1.165, 1.54) is 51.4 Å². The molecule has 0 aliphatic heterocycles. The summed E-state index contributed by atoms with van der Waals surface area (Å²) in [5.74, 6) is -0.921. The van der Waals surface area contributed by atoms with E-state index in [1.807, 2.05) is 172 Å². The van der Waals surface area contributed by atoms with Crippen LogP contribution in [0.4, 0.5) is 0 Å². The molecule has 0 N–H and O–H groups in total. The van der Waals surface area contributed by atoms with Crippen molar-refractivity contribution in [2.75, 3.05) is 12.3 Å². The standard InChI is InChI=1S/C70H100O10P2/c1-69(2,3)80-68(72)70(67(71)75-57-62-43-29-24-30-44-62,53-39-20-16-12-8-4-6-10-14-18-22-41-55-81(73,76-58-63-45-31-25-32-46-63)77-59-64-47-33-26-34-48-64)54-40-21-17-13-9-5-7-11-15-19-23-42-56-82(74,78-60-65-49-35-27-36-50-65)79-61-66-51-37-28-38-52-66/h24-38,43-52H,4-23,39-42,53-61H2,1-3H3. The van der Waals surface area contributed by atoms with E-state index in [1.54, 1.807) is 0 Å². The Labute approximate surface area is 494 Å². The molecule has 0 aromatic heterocycles. The smallest absolute Gasteiger partial charge is 0.331 e. The Morgan fingerprint density at radius 2 is 0.549 bits per heavy atom. The van der Waals surface area contributed by atoms with Gasteiger partial charge in [-0.15, -0.1) is 0 Å². The summed E-state index contributed by atoms with van der Waals surface area (Å²) in [6.07, 6.45) is 27.0. The fourth-order valence-electron chi connectivity index (χ4n) is 10.2. The number of ether oxygens (including phenoxy) is 2. The van der Waals surface area contributed by atoms with Crippen molar-refractivity contribution >= 4 is 27.1 Å². The fourth-order valence-corrected chi connectivity index (χ4v) is 13.4. The molecule has 5 aromatic rings. The molecule has 0 heterocycles. The second kappa shape index (κ2) is 39.8. The average molecular weight is 1160 g/mol. The van der Waals surface area contributed by atoms with Crippen molar-refractivity contribution in [3.63, 3.8) is 0 Å². The third kappa shape index (κ3) is 29.2. The minimum atomic E-state index is -3.26. The van der Waals surface area contributed by atoms with Crippen LogP contribution in [0.15, 0.2) is 152 Å². The van der Waals surface area contributed by atoms with Crippen molar-refractivity contribution in [2.45, 2.75) is 226 Å². The minimum Gasteiger partial charge on any atom is -0.460 e. The van der Waals surface area contributed by atoms with Crippen molar-refractivity contribution in [3.05, 3.63) is 179 Å². The summed E-state index contributed by atoms with van der Waals surface area (Å²) in [5.41, 5.74) is 2.74. The van der Waals surface area contributed by atoms with Crippen LogP contribution in [0.5, 0.6) is 0 Å². The maximum absolute atomic E-state index is 14.3. The molecule has 5 aromatic carbocycles.